The minimum atomic E-state index is -0.446. The maximum absolute atomic E-state index is 13.3. The number of hydrogen-bond acceptors (Lipinski definition) is 1. The fourth-order valence-corrected chi connectivity index (χ4v) is 1.63. The third kappa shape index (κ3) is 2.81. The van der Waals surface area contributed by atoms with Gasteiger partial charge in [-0.2, -0.15) is 0 Å². The van der Waals surface area contributed by atoms with Crippen molar-refractivity contribution in [3.8, 4) is 0 Å². The molecular weight excluding hydrogens is 220 g/mol. The molecule has 0 bridgehead atoms. The molecule has 88 valence electrons. The van der Waals surface area contributed by atoms with Gasteiger partial charge in [0.2, 0.25) is 0 Å². The van der Waals surface area contributed by atoms with E-state index in [0.29, 0.717) is 6.54 Å². The van der Waals surface area contributed by atoms with Gasteiger partial charge in [0.1, 0.15) is 11.6 Å². The van der Waals surface area contributed by atoms with Gasteiger partial charge in [0.25, 0.3) is 0 Å². The second-order valence-electron chi connectivity index (χ2n) is 3.90. The van der Waals surface area contributed by atoms with Gasteiger partial charge >= 0.3 is 0 Å². The summed E-state index contributed by atoms with van der Waals surface area (Å²) in [4.78, 5) is 0. The van der Waals surface area contributed by atoms with Crippen LogP contribution in [-0.4, -0.2) is 0 Å². The highest BCUT2D eigenvalue weighted by atomic mass is 19.1. The Hall–Kier alpha value is -1.90. The Labute approximate surface area is 99.1 Å². The highest BCUT2D eigenvalue weighted by Crippen LogP contribution is 2.17. The first-order chi connectivity index (χ1) is 8.16. The van der Waals surface area contributed by atoms with E-state index in [1.54, 1.807) is 0 Å². The van der Waals surface area contributed by atoms with Gasteiger partial charge in [-0.25, -0.2) is 8.78 Å². The number of nitrogens with one attached hydrogen (secondary N) is 1. The van der Waals surface area contributed by atoms with E-state index in [9.17, 15) is 8.78 Å². The van der Waals surface area contributed by atoms with Gasteiger partial charge in [-0.3, -0.25) is 0 Å². The van der Waals surface area contributed by atoms with Gasteiger partial charge in [-0.1, -0.05) is 24.3 Å². The minimum Gasteiger partial charge on any atom is -0.379 e. The van der Waals surface area contributed by atoms with Crippen LogP contribution < -0.4 is 5.32 Å². The lowest BCUT2D eigenvalue weighted by Crippen LogP contribution is -2.03. The Morgan fingerprint density at radius 3 is 2.59 bits per heavy atom. The number of halogens is 2. The maximum Gasteiger partial charge on any atom is 0.146 e. The summed E-state index contributed by atoms with van der Waals surface area (Å²) in [6.07, 6.45) is 0. The molecule has 0 saturated heterocycles. The van der Waals surface area contributed by atoms with Crippen molar-refractivity contribution in [1.29, 1.82) is 0 Å². The molecule has 1 nitrogen and oxygen atoms in total. The predicted molar refractivity (Wildman–Crippen MR) is 64.9 cm³/mol. The van der Waals surface area contributed by atoms with Crippen LogP contribution in [0.25, 0.3) is 0 Å². The van der Waals surface area contributed by atoms with E-state index in [-0.39, 0.29) is 5.69 Å². The molecule has 2 aromatic carbocycles. The van der Waals surface area contributed by atoms with Crippen LogP contribution in [0, 0.1) is 18.6 Å². The standard InChI is InChI=1S/C14H13F2N/c1-10-4-2-3-5-11(10)9-17-14-8-12(15)6-7-13(14)16/h2-8,17H,9H2,1H3. The Bertz CT molecular complexity index is 523. The van der Waals surface area contributed by atoms with Crippen molar-refractivity contribution in [2.24, 2.45) is 0 Å². The van der Waals surface area contributed by atoms with Crippen molar-refractivity contribution < 1.29 is 8.78 Å². The Morgan fingerprint density at radius 1 is 1.06 bits per heavy atom. The molecule has 0 atom stereocenters. The zero-order valence-electron chi connectivity index (χ0n) is 9.50. The number of aryl methyl sites for hydroxylation is 1. The molecule has 0 aliphatic heterocycles. The van der Waals surface area contributed by atoms with Gasteiger partial charge in [0.05, 0.1) is 5.69 Å². The van der Waals surface area contributed by atoms with Crippen molar-refractivity contribution in [2.45, 2.75) is 13.5 Å². The molecule has 0 fully saturated rings. The zero-order chi connectivity index (χ0) is 12.3. The topological polar surface area (TPSA) is 12.0 Å². The van der Waals surface area contributed by atoms with E-state index in [4.69, 9.17) is 0 Å². The first kappa shape index (κ1) is 11.6. The van der Waals surface area contributed by atoms with Crippen LogP contribution >= 0.6 is 0 Å². The highest BCUT2D eigenvalue weighted by Gasteiger charge is 2.04. The lowest BCUT2D eigenvalue weighted by atomic mass is 10.1. The third-order valence-corrected chi connectivity index (χ3v) is 2.66. The summed E-state index contributed by atoms with van der Waals surface area (Å²) in [7, 11) is 0. The molecule has 3 heteroatoms. The van der Waals surface area contributed by atoms with Gasteiger partial charge in [0, 0.05) is 6.54 Å². The van der Waals surface area contributed by atoms with E-state index >= 15 is 0 Å². The van der Waals surface area contributed by atoms with Gasteiger partial charge in [0.15, 0.2) is 0 Å². The molecule has 17 heavy (non-hydrogen) atoms. The summed E-state index contributed by atoms with van der Waals surface area (Å²) in [5, 5.41) is 2.90. The second-order valence-corrected chi connectivity index (χ2v) is 3.90. The molecule has 0 heterocycles. The molecule has 0 unspecified atom stereocenters. The molecule has 0 aliphatic rings. The average molecular weight is 233 g/mol. The first-order valence-corrected chi connectivity index (χ1v) is 5.40. The van der Waals surface area contributed by atoms with Crippen LogP contribution in [0.5, 0.6) is 0 Å². The maximum atomic E-state index is 13.3. The molecule has 0 radical (unpaired) electrons. The molecule has 0 saturated carbocycles. The van der Waals surface area contributed by atoms with Crippen molar-refractivity contribution in [3.05, 3.63) is 65.2 Å². The van der Waals surface area contributed by atoms with Crippen LogP contribution in [0.2, 0.25) is 0 Å². The summed E-state index contributed by atoms with van der Waals surface area (Å²) in [6.45, 7) is 2.46. The molecule has 1 N–H and O–H groups in total. The zero-order valence-corrected chi connectivity index (χ0v) is 9.50. The number of rotatable bonds is 3. The molecule has 0 aromatic heterocycles. The number of hydrogen-bond donors (Lipinski definition) is 1. The van der Waals surface area contributed by atoms with Crippen molar-refractivity contribution in [3.63, 3.8) is 0 Å². The van der Waals surface area contributed by atoms with Gasteiger partial charge in [-0.15, -0.1) is 0 Å². The SMILES string of the molecule is Cc1ccccc1CNc1cc(F)ccc1F. The largest absolute Gasteiger partial charge is 0.379 e. The quantitative estimate of drug-likeness (QED) is 0.848. The summed E-state index contributed by atoms with van der Waals surface area (Å²) >= 11 is 0. The Morgan fingerprint density at radius 2 is 1.82 bits per heavy atom. The highest BCUT2D eigenvalue weighted by molar-refractivity contribution is 5.45. The summed E-state index contributed by atoms with van der Waals surface area (Å²) in [5.74, 6) is -0.890. The van der Waals surface area contributed by atoms with E-state index in [1.807, 2.05) is 31.2 Å². The lowest BCUT2D eigenvalue weighted by Gasteiger charge is -2.09. The fraction of sp³-hybridized carbons (Fsp3) is 0.143. The van der Waals surface area contributed by atoms with Crippen LogP contribution in [0.4, 0.5) is 14.5 Å². The smallest absolute Gasteiger partial charge is 0.146 e. The summed E-state index contributed by atoms with van der Waals surface area (Å²) < 4.78 is 26.3. The molecule has 0 spiro atoms. The van der Waals surface area contributed by atoms with E-state index in [2.05, 4.69) is 5.32 Å². The van der Waals surface area contributed by atoms with Crippen LogP contribution in [0.3, 0.4) is 0 Å². The fourth-order valence-electron chi connectivity index (χ4n) is 1.63. The van der Waals surface area contributed by atoms with E-state index < -0.39 is 11.6 Å². The summed E-state index contributed by atoms with van der Waals surface area (Å²) in [5.41, 5.74) is 2.38. The monoisotopic (exact) mass is 233 g/mol. The van der Waals surface area contributed by atoms with Crippen LogP contribution in [0.15, 0.2) is 42.5 Å². The van der Waals surface area contributed by atoms with Crippen LogP contribution in [0.1, 0.15) is 11.1 Å². The normalized spacial score (nSPS) is 10.3. The summed E-state index contributed by atoms with van der Waals surface area (Å²) in [6, 6.07) is 11.2. The number of benzene rings is 2. The minimum absolute atomic E-state index is 0.188. The lowest BCUT2D eigenvalue weighted by molar-refractivity contribution is 0.602. The average Bonchev–Trinajstić information content (AvgIpc) is 2.32. The Balaban J connectivity index is 2.12. The van der Waals surface area contributed by atoms with E-state index in [1.165, 1.54) is 0 Å². The molecule has 0 amide bonds. The predicted octanol–water partition coefficient (Wildman–Crippen LogP) is 3.89. The number of anilines is 1. The first-order valence-electron chi connectivity index (χ1n) is 5.40. The van der Waals surface area contributed by atoms with Gasteiger partial charge < -0.3 is 5.32 Å². The van der Waals surface area contributed by atoms with Crippen molar-refractivity contribution in [2.75, 3.05) is 5.32 Å². The van der Waals surface area contributed by atoms with Crippen LogP contribution in [-0.2, 0) is 6.54 Å². The van der Waals surface area contributed by atoms with Gasteiger partial charge in [-0.05, 0) is 36.2 Å². The van der Waals surface area contributed by atoms with Crippen molar-refractivity contribution >= 4 is 5.69 Å². The second kappa shape index (κ2) is 4.95. The van der Waals surface area contributed by atoms with Crippen molar-refractivity contribution in [1.82, 2.24) is 0 Å². The third-order valence-electron chi connectivity index (χ3n) is 2.66. The molecule has 0 aliphatic carbocycles. The Kier molecular flexibility index (Phi) is 3.38. The van der Waals surface area contributed by atoms with E-state index in [0.717, 1.165) is 29.3 Å². The molecular formula is C14H13F2N. The molecule has 2 aromatic rings. The molecule has 2 rings (SSSR count).